The highest BCUT2D eigenvalue weighted by Gasteiger charge is 2.08. The Kier molecular flexibility index (Phi) is 7.78. The SMILES string of the molecule is CCCCc1ccc(N(CCCC)CCC(=O)O)cc1. The van der Waals surface area contributed by atoms with E-state index in [1.165, 1.54) is 18.4 Å². The molecular formula is C17H27NO2. The largest absolute Gasteiger partial charge is 0.481 e. The van der Waals surface area contributed by atoms with Crippen LogP contribution < -0.4 is 4.90 Å². The van der Waals surface area contributed by atoms with Crippen LogP contribution in [0.3, 0.4) is 0 Å². The van der Waals surface area contributed by atoms with E-state index >= 15 is 0 Å². The van der Waals surface area contributed by atoms with E-state index < -0.39 is 5.97 Å². The zero-order chi connectivity index (χ0) is 14.8. The summed E-state index contributed by atoms with van der Waals surface area (Å²) >= 11 is 0. The van der Waals surface area contributed by atoms with Gasteiger partial charge in [0, 0.05) is 18.8 Å². The molecule has 0 fully saturated rings. The van der Waals surface area contributed by atoms with Gasteiger partial charge in [0.1, 0.15) is 0 Å². The number of rotatable bonds is 10. The lowest BCUT2D eigenvalue weighted by Crippen LogP contribution is -2.27. The predicted octanol–water partition coefficient (Wildman–Crippen LogP) is 4.11. The van der Waals surface area contributed by atoms with Gasteiger partial charge in [-0.15, -0.1) is 0 Å². The molecule has 0 heterocycles. The Morgan fingerprint density at radius 3 is 2.25 bits per heavy atom. The molecule has 112 valence electrons. The Bertz CT molecular complexity index is 386. The lowest BCUT2D eigenvalue weighted by molar-refractivity contribution is -0.136. The average molecular weight is 277 g/mol. The van der Waals surface area contributed by atoms with Gasteiger partial charge in [-0.25, -0.2) is 0 Å². The van der Waals surface area contributed by atoms with Crippen molar-refractivity contribution in [3.8, 4) is 0 Å². The molecule has 20 heavy (non-hydrogen) atoms. The molecule has 0 unspecified atom stereocenters. The molecule has 0 spiro atoms. The molecule has 0 atom stereocenters. The number of hydrogen-bond acceptors (Lipinski definition) is 2. The summed E-state index contributed by atoms with van der Waals surface area (Å²) in [6.07, 6.45) is 5.97. The standard InChI is InChI=1S/C17H27NO2/c1-3-5-7-15-8-10-16(11-9-15)18(13-6-4-2)14-12-17(19)20/h8-11H,3-7,12-14H2,1-2H3,(H,19,20). The third kappa shape index (κ3) is 6.09. The van der Waals surface area contributed by atoms with Crippen LogP contribution in [-0.2, 0) is 11.2 Å². The number of anilines is 1. The Morgan fingerprint density at radius 2 is 1.70 bits per heavy atom. The molecule has 3 nitrogen and oxygen atoms in total. The minimum absolute atomic E-state index is 0.196. The summed E-state index contributed by atoms with van der Waals surface area (Å²) in [5, 5.41) is 8.85. The van der Waals surface area contributed by atoms with Crippen molar-refractivity contribution in [3.63, 3.8) is 0 Å². The predicted molar refractivity (Wildman–Crippen MR) is 84.4 cm³/mol. The summed E-state index contributed by atoms with van der Waals surface area (Å²) in [4.78, 5) is 12.9. The second kappa shape index (κ2) is 9.40. The van der Waals surface area contributed by atoms with E-state index in [4.69, 9.17) is 5.11 Å². The van der Waals surface area contributed by atoms with Crippen LogP contribution in [0.4, 0.5) is 5.69 Å². The summed E-state index contributed by atoms with van der Waals surface area (Å²) in [5.74, 6) is -0.730. The average Bonchev–Trinajstić information content (AvgIpc) is 2.46. The maximum Gasteiger partial charge on any atom is 0.305 e. The fourth-order valence-electron chi connectivity index (χ4n) is 2.20. The Morgan fingerprint density at radius 1 is 1.05 bits per heavy atom. The monoisotopic (exact) mass is 277 g/mol. The van der Waals surface area contributed by atoms with Crippen molar-refractivity contribution in [1.29, 1.82) is 0 Å². The van der Waals surface area contributed by atoms with Gasteiger partial charge in [0.15, 0.2) is 0 Å². The summed E-state index contributed by atoms with van der Waals surface area (Å²) < 4.78 is 0. The molecule has 0 aromatic heterocycles. The van der Waals surface area contributed by atoms with Gasteiger partial charge < -0.3 is 10.0 Å². The number of carboxylic acids is 1. The van der Waals surface area contributed by atoms with Gasteiger partial charge in [-0.2, -0.15) is 0 Å². The van der Waals surface area contributed by atoms with E-state index in [0.717, 1.165) is 31.5 Å². The molecule has 0 aliphatic heterocycles. The summed E-state index contributed by atoms with van der Waals surface area (Å²) in [6.45, 7) is 5.87. The maximum atomic E-state index is 10.8. The van der Waals surface area contributed by atoms with Crippen molar-refractivity contribution in [2.75, 3.05) is 18.0 Å². The van der Waals surface area contributed by atoms with Gasteiger partial charge >= 0.3 is 5.97 Å². The fraction of sp³-hybridized carbons (Fsp3) is 0.588. The number of hydrogen-bond donors (Lipinski definition) is 1. The van der Waals surface area contributed by atoms with Crippen molar-refractivity contribution in [2.24, 2.45) is 0 Å². The molecule has 0 bridgehead atoms. The molecule has 1 rings (SSSR count). The highest BCUT2D eigenvalue weighted by molar-refractivity contribution is 5.67. The van der Waals surface area contributed by atoms with E-state index in [1.54, 1.807) is 0 Å². The molecule has 0 saturated carbocycles. The number of unbranched alkanes of at least 4 members (excludes halogenated alkanes) is 2. The Hall–Kier alpha value is -1.51. The highest BCUT2D eigenvalue weighted by atomic mass is 16.4. The van der Waals surface area contributed by atoms with Gasteiger partial charge in [0.2, 0.25) is 0 Å². The molecule has 0 amide bonds. The lowest BCUT2D eigenvalue weighted by atomic mass is 10.1. The summed E-state index contributed by atoms with van der Waals surface area (Å²) in [6, 6.07) is 8.60. The molecule has 0 radical (unpaired) electrons. The van der Waals surface area contributed by atoms with Crippen LogP contribution >= 0.6 is 0 Å². The second-order valence-electron chi connectivity index (χ2n) is 5.25. The molecule has 1 N–H and O–H groups in total. The fourth-order valence-corrected chi connectivity index (χ4v) is 2.20. The van der Waals surface area contributed by atoms with Crippen LogP contribution in [0.25, 0.3) is 0 Å². The number of nitrogens with zero attached hydrogens (tertiary/aromatic N) is 1. The van der Waals surface area contributed by atoms with Crippen LogP contribution in [-0.4, -0.2) is 24.2 Å². The minimum atomic E-state index is -0.730. The first-order valence-electron chi connectivity index (χ1n) is 7.73. The maximum absolute atomic E-state index is 10.8. The molecular weight excluding hydrogens is 250 g/mol. The number of benzene rings is 1. The minimum Gasteiger partial charge on any atom is -0.481 e. The molecule has 0 aliphatic rings. The first-order valence-corrected chi connectivity index (χ1v) is 7.73. The van der Waals surface area contributed by atoms with Crippen LogP contribution in [0.2, 0.25) is 0 Å². The summed E-state index contributed by atoms with van der Waals surface area (Å²) in [7, 11) is 0. The van der Waals surface area contributed by atoms with Gasteiger partial charge in [0.25, 0.3) is 0 Å². The van der Waals surface area contributed by atoms with Crippen molar-refractivity contribution in [3.05, 3.63) is 29.8 Å². The van der Waals surface area contributed by atoms with Gasteiger partial charge in [-0.05, 0) is 37.0 Å². The highest BCUT2D eigenvalue weighted by Crippen LogP contribution is 2.17. The first kappa shape index (κ1) is 16.5. The molecule has 1 aromatic rings. The third-order valence-corrected chi connectivity index (χ3v) is 3.50. The van der Waals surface area contributed by atoms with Crippen LogP contribution in [0.15, 0.2) is 24.3 Å². The quantitative estimate of drug-likeness (QED) is 0.699. The molecule has 3 heteroatoms. The van der Waals surface area contributed by atoms with E-state index in [0.29, 0.717) is 6.54 Å². The normalized spacial score (nSPS) is 10.5. The number of aliphatic carboxylic acids is 1. The van der Waals surface area contributed by atoms with E-state index in [9.17, 15) is 4.79 Å². The van der Waals surface area contributed by atoms with E-state index in [1.807, 2.05) is 0 Å². The van der Waals surface area contributed by atoms with E-state index in [-0.39, 0.29) is 6.42 Å². The number of aryl methyl sites for hydroxylation is 1. The molecule has 0 saturated heterocycles. The van der Waals surface area contributed by atoms with Crippen molar-refractivity contribution in [2.45, 2.75) is 52.4 Å². The third-order valence-electron chi connectivity index (χ3n) is 3.50. The van der Waals surface area contributed by atoms with Crippen molar-refractivity contribution in [1.82, 2.24) is 0 Å². The van der Waals surface area contributed by atoms with Gasteiger partial charge in [0.05, 0.1) is 6.42 Å². The van der Waals surface area contributed by atoms with Crippen LogP contribution in [0.1, 0.15) is 51.5 Å². The smallest absolute Gasteiger partial charge is 0.305 e. The first-order chi connectivity index (χ1) is 9.67. The second-order valence-corrected chi connectivity index (χ2v) is 5.25. The van der Waals surface area contributed by atoms with Gasteiger partial charge in [-0.3, -0.25) is 4.79 Å². The van der Waals surface area contributed by atoms with Crippen molar-refractivity contribution >= 4 is 11.7 Å². The van der Waals surface area contributed by atoms with Crippen LogP contribution in [0, 0.1) is 0 Å². The van der Waals surface area contributed by atoms with E-state index in [2.05, 4.69) is 43.0 Å². The topological polar surface area (TPSA) is 40.5 Å². The molecule has 0 aliphatic carbocycles. The lowest BCUT2D eigenvalue weighted by Gasteiger charge is -2.24. The van der Waals surface area contributed by atoms with Crippen LogP contribution in [0.5, 0.6) is 0 Å². The zero-order valence-electron chi connectivity index (χ0n) is 12.8. The summed E-state index contributed by atoms with van der Waals surface area (Å²) in [5.41, 5.74) is 2.50. The Balaban J connectivity index is 2.65. The van der Waals surface area contributed by atoms with Crippen molar-refractivity contribution < 1.29 is 9.90 Å². The molecule has 1 aromatic carbocycles. The Labute approximate surface area is 122 Å². The number of carboxylic acid groups (broad SMARTS) is 1. The van der Waals surface area contributed by atoms with Gasteiger partial charge in [-0.1, -0.05) is 38.8 Å². The number of carbonyl (C=O) groups is 1. The zero-order valence-corrected chi connectivity index (χ0v) is 12.8.